The quantitative estimate of drug-likeness (QED) is 0.274. The topological polar surface area (TPSA) is 103 Å². The van der Waals surface area contributed by atoms with Crippen molar-refractivity contribution in [2.24, 2.45) is 0 Å². The minimum Gasteiger partial charge on any atom is -0.425 e. The van der Waals surface area contributed by atoms with Crippen LogP contribution in [0.1, 0.15) is 61.3 Å². The normalized spacial score (nSPS) is 14.5. The fourth-order valence-corrected chi connectivity index (χ4v) is 5.75. The molecule has 2 aromatic carbocycles. The molecule has 4 rings (SSSR count). The summed E-state index contributed by atoms with van der Waals surface area (Å²) in [5.74, 6) is -0.389. The monoisotopic (exact) mass is 497 g/mol. The molecule has 1 aliphatic carbocycles. The van der Waals surface area contributed by atoms with Crippen LogP contribution in [-0.4, -0.2) is 20.4 Å². The Morgan fingerprint density at radius 2 is 1.74 bits per heavy atom. The van der Waals surface area contributed by atoms with E-state index in [1.807, 2.05) is 20.8 Å². The maximum Gasteiger partial charge on any atom is 0.339 e. The molecule has 1 atom stereocenters. The van der Waals surface area contributed by atoms with Crippen molar-refractivity contribution in [2.45, 2.75) is 76.7 Å². The molecule has 7 nitrogen and oxygen atoms in total. The number of esters is 1. The van der Waals surface area contributed by atoms with Crippen LogP contribution in [0.5, 0.6) is 5.75 Å². The van der Waals surface area contributed by atoms with Crippen molar-refractivity contribution < 1.29 is 22.4 Å². The summed E-state index contributed by atoms with van der Waals surface area (Å²) in [4.78, 5) is 25.9. The second-order valence-electron chi connectivity index (χ2n) is 9.24. The van der Waals surface area contributed by atoms with E-state index in [-0.39, 0.29) is 10.5 Å². The summed E-state index contributed by atoms with van der Waals surface area (Å²) < 4.78 is 40.0. The zero-order valence-electron chi connectivity index (χ0n) is 20.3. The molecule has 0 fully saturated rings. The van der Waals surface area contributed by atoms with Crippen molar-refractivity contribution in [3.63, 3.8) is 0 Å². The van der Waals surface area contributed by atoms with Gasteiger partial charge in [0.25, 0.3) is 0 Å². The molecule has 1 aromatic heterocycles. The van der Waals surface area contributed by atoms with Crippen LogP contribution in [0.2, 0.25) is 0 Å². The molecule has 1 heterocycles. The van der Waals surface area contributed by atoms with Gasteiger partial charge in [-0.05, 0) is 81.3 Å². The number of rotatable bonds is 8. The second-order valence-corrected chi connectivity index (χ2v) is 11.0. The zero-order valence-corrected chi connectivity index (χ0v) is 21.2. The van der Waals surface area contributed by atoms with Gasteiger partial charge in [0.05, 0.1) is 10.3 Å². The molecule has 0 amide bonds. The van der Waals surface area contributed by atoms with Crippen molar-refractivity contribution in [1.29, 1.82) is 0 Å². The standard InChI is InChI=1S/C27H31NO6S/c1-4-5-10-22(28-35(31,32)19-13-11-17(2)12-14-19)27(30)34-24-16-18(3)15-23-25(24)20-8-6-7-9-21(20)26(29)33-23/h11-16,22,28H,4-10H2,1-3H3/t22-/m0/s1. The van der Waals surface area contributed by atoms with Gasteiger partial charge in [-0.1, -0.05) is 37.5 Å². The molecular formula is C27H31NO6S. The molecule has 0 aliphatic heterocycles. The summed E-state index contributed by atoms with van der Waals surface area (Å²) in [5.41, 5.74) is 3.23. The average Bonchev–Trinajstić information content (AvgIpc) is 2.81. The molecule has 3 aromatic rings. The van der Waals surface area contributed by atoms with Gasteiger partial charge >= 0.3 is 11.6 Å². The minimum atomic E-state index is -3.93. The van der Waals surface area contributed by atoms with Crippen LogP contribution in [0, 0.1) is 13.8 Å². The molecule has 0 bridgehead atoms. The lowest BCUT2D eigenvalue weighted by Gasteiger charge is -2.21. The Kier molecular flexibility index (Phi) is 7.42. The largest absolute Gasteiger partial charge is 0.425 e. The first-order valence-electron chi connectivity index (χ1n) is 12.1. The van der Waals surface area contributed by atoms with Gasteiger partial charge in [0.15, 0.2) is 0 Å². The number of fused-ring (bicyclic) bond motifs is 3. The summed E-state index contributed by atoms with van der Waals surface area (Å²) in [6.07, 6.45) is 4.91. The first-order chi connectivity index (χ1) is 16.7. The third-order valence-electron chi connectivity index (χ3n) is 6.40. The lowest BCUT2D eigenvalue weighted by molar-refractivity contribution is -0.136. The molecule has 0 radical (unpaired) electrons. The molecule has 35 heavy (non-hydrogen) atoms. The molecule has 0 saturated heterocycles. The number of carbonyl (C=O) groups is 1. The Hall–Kier alpha value is -2.97. The summed E-state index contributed by atoms with van der Waals surface area (Å²) in [6, 6.07) is 8.90. The van der Waals surface area contributed by atoms with Crippen molar-refractivity contribution in [2.75, 3.05) is 0 Å². The van der Waals surface area contributed by atoms with Gasteiger partial charge in [-0.25, -0.2) is 18.0 Å². The molecule has 0 spiro atoms. The lowest BCUT2D eigenvalue weighted by atomic mass is 9.90. The van der Waals surface area contributed by atoms with E-state index < -0.39 is 22.0 Å². The van der Waals surface area contributed by atoms with Gasteiger partial charge in [0.1, 0.15) is 17.4 Å². The van der Waals surface area contributed by atoms with Gasteiger partial charge < -0.3 is 9.15 Å². The predicted molar refractivity (Wildman–Crippen MR) is 134 cm³/mol. The van der Waals surface area contributed by atoms with Crippen LogP contribution >= 0.6 is 0 Å². The number of ether oxygens (including phenoxy) is 1. The van der Waals surface area contributed by atoms with Crippen LogP contribution in [0.3, 0.4) is 0 Å². The number of unbranched alkanes of at least 4 members (excludes halogenated alkanes) is 1. The Labute approximate surface area is 205 Å². The maximum absolute atomic E-state index is 13.3. The fraction of sp³-hybridized carbons (Fsp3) is 0.407. The number of hydrogen-bond donors (Lipinski definition) is 1. The first kappa shape index (κ1) is 25.1. The minimum absolute atomic E-state index is 0.0919. The molecule has 8 heteroatoms. The average molecular weight is 498 g/mol. The smallest absolute Gasteiger partial charge is 0.339 e. The number of nitrogens with one attached hydrogen (secondary N) is 1. The van der Waals surface area contributed by atoms with Crippen molar-refractivity contribution in [1.82, 2.24) is 4.72 Å². The van der Waals surface area contributed by atoms with E-state index in [0.717, 1.165) is 36.0 Å². The van der Waals surface area contributed by atoms with E-state index in [4.69, 9.17) is 9.15 Å². The molecular weight excluding hydrogens is 466 g/mol. The number of benzene rings is 2. The number of aryl methyl sites for hydroxylation is 3. The van der Waals surface area contributed by atoms with Crippen molar-refractivity contribution in [3.8, 4) is 5.75 Å². The number of hydrogen-bond acceptors (Lipinski definition) is 6. The van der Waals surface area contributed by atoms with E-state index in [1.54, 1.807) is 24.3 Å². The summed E-state index contributed by atoms with van der Waals surface area (Å²) in [5, 5.41) is 0.619. The van der Waals surface area contributed by atoms with E-state index in [2.05, 4.69) is 4.72 Å². The van der Waals surface area contributed by atoms with Gasteiger partial charge in [0.2, 0.25) is 10.0 Å². The van der Waals surface area contributed by atoms with Crippen LogP contribution in [0.4, 0.5) is 0 Å². The molecule has 186 valence electrons. The fourth-order valence-electron chi connectivity index (χ4n) is 4.53. The maximum atomic E-state index is 13.3. The molecule has 1 aliphatic rings. The van der Waals surface area contributed by atoms with Gasteiger partial charge in [0, 0.05) is 5.56 Å². The lowest BCUT2D eigenvalue weighted by Crippen LogP contribution is -2.43. The highest BCUT2D eigenvalue weighted by atomic mass is 32.2. The van der Waals surface area contributed by atoms with Crippen molar-refractivity contribution >= 4 is 27.0 Å². The van der Waals surface area contributed by atoms with E-state index in [1.165, 1.54) is 12.1 Å². The van der Waals surface area contributed by atoms with Gasteiger partial charge in [-0.2, -0.15) is 4.72 Å². The van der Waals surface area contributed by atoms with Crippen molar-refractivity contribution in [3.05, 3.63) is 69.1 Å². The van der Waals surface area contributed by atoms with Gasteiger partial charge in [-0.15, -0.1) is 0 Å². The molecule has 0 saturated carbocycles. The SMILES string of the molecule is CCCC[C@H](NS(=O)(=O)c1ccc(C)cc1)C(=O)Oc1cc(C)cc2oc(=O)c3c(c12)CCCC3. The Balaban J connectivity index is 1.69. The Morgan fingerprint density at radius 1 is 1.06 bits per heavy atom. The van der Waals surface area contributed by atoms with E-state index in [9.17, 15) is 18.0 Å². The summed E-state index contributed by atoms with van der Waals surface area (Å²) >= 11 is 0. The van der Waals surface area contributed by atoms with Crippen LogP contribution in [0.15, 0.2) is 50.5 Å². The highest BCUT2D eigenvalue weighted by Crippen LogP contribution is 2.35. The summed E-state index contributed by atoms with van der Waals surface area (Å²) in [6.45, 7) is 5.67. The Bertz CT molecular complexity index is 1410. The van der Waals surface area contributed by atoms with Crippen LogP contribution in [-0.2, 0) is 27.7 Å². The molecule has 0 unspecified atom stereocenters. The highest BCUT2D eigenvalue weighted by Gasteiger charge is 2.29. The Morgan fingerprint density at radius 3 is 2.43 bits per heavy atom. The third-order valence-corrected chi connectivity index (χ3v) is 7.89. The second kappa shape index (κ2) is 10.3. The van der Waals surface area contributed by atoms with Gasteiger partial charge in [-0.3, -0.25) is 0 Å². The number of carbonyl (C=O) groups excluding carboxylic acids is 1. The third kappa shape index (κ3) is 5.49. The zero-order chi connectivity index (χ0) is 25.2. The van der Waals surface area contributed by atoms with Crippen LogP contribution < -0.4 is 15.1 Å². The predicted octanol–water partition coefficient (Wildman–Crippen LogP) is 4.73. The number of sulfonamides is 1. The highest BCUT2D eigenvalue weighted by molar-refractivity contribution is 7.89. The summed E-state index contributed by atoms with van der Waals surface area (Å²) in [7, 11) is -3.93. The van der Waals surface area contributed by atoms with E-state index >= 15 is 0 Å². The first-order valence-corrected chi connectivity index (χ1v) is 13.6. The molecule has 1 N–H and O–H groups in total. The van der Waals surface area contributed by atoms with E-state index in [0.29, 0.717) is 48.0 Å². The van der Waals surface area contributed by atoms with Crippen LogP contribution in [0.25, 0.3) is 11.0 Å².